The van der Waals surface area contributed by atoms with Gasteiger partial charge in [0, 0.05) is 30.5 Å². The average Bonchev–Trinajstić information content (AvgIpc) is 3.20. The molecular weight excluding hydrogens is 314 g/mol. The standard InChI is InChI=1S/C20H23N3O2/c1-15(19-13-18(24-2)9-10-20(19)25-3)21-14-16-5-7-17(8-6-16)23-12-4-11-22-23/h4-13,15,21H,14H2,1-3H3. The van der Waals surface area contributed by atoms with Crippen LogP contribution in [0.2, 0.25) is 0 Å². The van der Waals surface area contributed by atoms with Crippen molar-refractivity contribution < 1.29 is 9.47 Å². The Kier molecular flexibility index (Phi) is 5.36. The first-order valence-electron chi connectivity index (χ1n) is 8.25. The number of nitrogens with one attached hydrogen (secondary N) is 1. The molecule has 0 amide bonds. The Balaban J connectivity index is 1.67. The smallest absolute Gasteiger partial charge is 0.123 e. The zero-order valence-electron chi connectivity index (χ0n) is 14.8. The Hall–Kier alpha value is -2.79. The molecule has 5 nitrogen and oxygen atoms in total. The third-order valence-corrected chi connectivity index (χ3v) is 4.22. The van der Waals surface area contributed by atoms with Gasteiger partial charge in [-0.3, -0.25) is 0 Å². The highest BCUT2D eigenvalue weighted by Gasteiger charge is 2.12. The van der Waals surface area contributed by atoms with Crippen LogP contribution in [0.5, 0.6) is 11.5 Å². The zero-order chi connectivity index (χ0) is 17.6. The van der Waals surface area contributed by atoms with Crippen LogP contribution in [0.3, 0.4) is 0 Å². The van der Waals surface area contributed by atoms with Crippen molar-refractivity contribution in [1.82, 2.24) is 15.1 Å². The van der Waals surface area contributed by atoms with E-state index in [-0.39, 0.29) is 6.04 Å². The quantitative estimate of drug-likeness (QED) is 0.713. The zero-order valence-corrected chi connectivity index (χ0v) is 14.8. The van der Waals surface area contributed by atoms with Crippen LogP contribution in [0.1, 0.15) is 24.1 Å². The van der Waals surface area contributed by atoms with Crippen LogP contribution in [0, 0.1) is 0 Å². The van der Waals surface area contributed by atoms with Crippen molar-refractivity contribution in [2.75, 3.05) is 14.2 Å². The van der Waals surface area contributed by atoms with Crippen molar-refractivity contribution in [2.24, 2.45) is 0 Å². The fourth-order valence-electron chi connectivity index (χ4n) is 2.75. The number of nitrogens with zero attached hydrogens (tertiary/aromatic N) is 2. The number of benzene rings is 2. The molecule has 130 valence electrons. The maximum absolute atomic E-state index is 5.47. The van der Waals surface area contributed by atoms with Crippen molar-refractivity contribution in [1.29, 1.82) is 0 Å². The maximum Gasteiger partial charge on any atom is 0.123 e. The average molecular weight is 337 g/mol. The van der Waals surface area contributed by atoms with E-state index < -0.39 is 0 Å². The molecule has 3 rings (SSSR count). The predicted octanol–water partition coefficient (Wildman–Crippen LogP) is 3.74. The first kappa shape index (κ1) is 17.0. The molecule has 2 aromatic carbocycles. The third-order valence-electron chi connectivity index (χ3n) is 4.22. The van der Waals surface area contributed by atoms with Gasteiger partial charge in [0.2, 0.25) is 0 Å². The number of methoxy groups -OCH3 is 2. The molecule has 3 aromatic rings. The molecule has 1 aromatic heterocycles. The minimum atomic E-state index is 0.135. The molecule has 0 aliphatic carbocycles. The van der Waals surface area contributed by atoms with Crippen LogP contribution < -0.4 is 14.8 Å². The number of hydrogen-bond acceptors (Lipinski definition) is 4. The molecule has 1 N–H and O–H groups in total. The van der Waals surface area contributed by atoms with E-state index in [1.54, 1.807) is 20.4 Å². The van der Waals surface area contributed by atoms with Gasteiger partial charge in [-0.05, 0) is 48.9 Å². The third kappa shape index (κ3) is 4.00. The van der Waals surface area contributed by atoms with Gasteiger partial charge in [-0.2, -0.15) is 5.10 Å². The summed E-state index contributed by atoms with van der Waals surface area (Å²) in [6.07, 6.45) is 3.71. The van der Waals surface area contributed by atoms with E-state index in [0.29, 0.717) is 0 Å². The Morgan fingerprint density at radius 3 is 2.52 bits per heavy atom. The number of ether oxygens (including phenoxy) is 2. The summed E-state index contributed by atoms with van der Waals surface area (Å²) in [5, 5.41) is 7.78. The molecule has 5 heteroatoms. The second-order valence-corrected chi connectivity index (χ2v) is 5.83. The SMILES string of the molecule is COc1ccc(OC)c(C(C)NCc2ccc(-n3cccn3)cc2)c1. The Bertz CT molecular complexity index is 798. The summed E-state index contributed by atoms with van der Waals surface area (Å²) in [5.41, 5.74) is 3.34. The fourth-order valence-corrected chi connectivity index (χ4v) is 2.75. The molecule has 0 aliphatic heterocycles. The van der Waals surface area contributed by atoms with Gasteiger partial charge in [-0.15, -0.1) is 0 Å². The van der Waals surface area contributed by atoms with Crippen molar-refractivity contribution >= 4 is 0 Å². The van der Waals surface area contributed by atoms with E-state index in [1.807, 2.05) is 35.1 Å². The van der Waals surface area contributed by atoms with Gasteiger partial charge in [0.05, 0.1) is 19.9 Å². The normalized spacial score (nSPS) is 12.0. The lowest BCUT2D eigenvalue weighted by Crippen LogP contribution is -2.18. The van der Waals surface area contributed by atoms with Gasteiger partial charge < -0.3 is 14.8 Å². The van der Waals surface area contributed by atoms with E-state index in [9.17, 15) is 0 Å². The molecule has 0 aliphatic rings. The van der Waals surface area contributed by atoms with Gasteiger partial charge >= 0.3 is 0 Å². The van der Waals surface area contributed by atoms with Gasteiger partial charge in [0.25, 0.3) is 0 Å². The van der Waals surface area contributed by atoms with Gasteiger partial charge in [-0.1, -0.05) is 12.1 Å². The van der Waals surface area contributed by atoms with E-state index in [2.05, 4.69) is 41.6 Å². The summed E-state index contributed by atoms with van der Waals surface area (Å²) in [7, 11) is 3.36. The Morgan fingerprint density at radius 2 is 1.88 bits per heavy atom. The first-order chi connectivity index (χ1) is 12.2. The molecule has 1 heterocycles. The molecule has 0 saturated heterocycles. The van der Waals surface area contributed by atoms with Crippen molar-refractivity contribution in [3.8, 4) is 17.2 Å². The summed E-state index contributed by atoms with van der Waals surface area (Å²) >= 11 is 0. The Morgan fingerprint density at radius 1 is 1.08 bits per heavy atom. The summed E-state index contributed by atoms with van der Waals surface area (Å²) in [6.45, 7) is 2.89. The fraction of sp³-hybridized carbons (Fsp3) is 0.250. The largest absolute Gasteiger partial charge is 0.497 e. The summed E-state index contributed by atoms with van der Waals surface area (Å²) in [5.74, 6) is 1.68. The lowest BCUT2D eigenvalue weighted by molar-refractivity contribution is 0.391. The molecule has 0 radical (unpaired) electrons. The number of aromatic nitrogens is 2. The van der Waals surface area contributed by atoms with Crippen LogP contribution in [0.15, 0.2) is 60.9 Å². The highest BCUT2D eigenvalue weighted by Crippen LogP contribution is 2.29. The second-order valence-electron chi connectivity index (χ2n) is 5.83. The molecule has 25 heavy (non-hydrogen) atoms. The molecule has 0 saturated carbocycles. The van der Waals surface area contributed by atoms with E-state index >= 15 is 0 Å². The van der Waals surface area contributed by atoms with Crippen molar-refractivity contribution in [3.63, 3.8) is 0 Å². The number of hydrogen-bond donors (Lipinski definition) is 1. The van der Waals surface area contributed by atoms with Crippen LogP contribution in [-0.2, 0) is 6.54 Å². The van der Waals surface area contributed by atoms with Gasteiger partial charge in [0.1, 0.15) is 11.5 Å². The molecule has 0 bridgehead atoms. The first-order valence-corrected chi connectivity index (χ1v) is 8.25. The predicted molar refractivity (Wildman–Crippen MR) is 98.4 cm³/mol. The minimum absolute atomic E-state index is 0.135. The van der Waals surface area contributed by atoms with Crippen LogP contribution in [-0.4, -0.2) is 24.0 Å². The topological polar surface area (TPSA) is 48.3 Å². The lowest BCUT2D eigenvalue weighted by atomic mass is 10.1. The van der Waals surface area contributed by atoms with E-state index in [4.69, 9.17) is 9.47 Å². The minimum Gasteiger partial charge on any atom is -0.497 e. The molecule has 0 fully saturated rings. The summed E-state index contributed by atoms with van der Waals surface area (Å²) in [6, 6.07) is 16.3. The summed E-state index contributed by atoms with van der Waals surface area (Å²) in [4.78, 5) is 0. The van der Waals surface area contributed by atoms with E-state index in [1.165, 1.54) is 5.56 Å². The lowest BCUT2D eigenvalue weighted by Gasteiger charge is -2.18. The van der Waals surface area contributed by atoms with E-state index in [0.717, 1.165) is 29.3 Å². The second kappa shape index (κ2) is 7.85. The van der Waals surface area contributed by atoms with Crippen molar-refractivity contribution in [3.05, 3.63) is 72.1 Å². The highest BCUT2D eigenvalue weighted by atomic mass is 16.5. The van der Waals surface area contributed by atoms with Gasteiger partial charge in [0.15, 0.2) is 0 Å². The monoisotopic (exact) mass is 337 g/mol. The Labute approximate surface area is 148 Å². The number of rotatable bonds is 7. The molecule has 0 spiro atoms. The van der Waals surface area contributed by atoms with Crippen LogP contribution in [0.25, 0.3) is 5.69 Å². The van der Waals surface area contributed by atoms with Gasteiger partial charge in [-0.25, -0.2) is 4.68 Å². The summed E-state index contributed by atoms with van der Waals surface area (Å²) < 4.78 is 12.6. The highest BCUT2D eigenvalue weighted by molar-refractivity contribution is 5.42. The maximum atomic E-state index is 5.47. The molecule has 1 atom stereocenters. The van der Waals surface area contributed by atoms with Crippen LogP contribution >= 0.6 is 0 Å². The molecular formula is C20H23N3O2. The molecule has 1 unspecified atom stereocenters. The van der Waals surface area contributed by atoms with Crippen LogP contribution in [0.4, 0.5) is 0 Å². The van der Waals surface area contributed by atoms with Crippen molar-refractivity contribution in [2.45, 2.75) is 19.5 Å².